The molecule has 4 rings (SSSR count). The van der Waals surface area contributed by atoms with Gasteiger partial charge in [0.15, 0.2) is 5.01 Å². The molecular weight excluding hydrogens is 381 g/mol. The molecule has 0 atom stereocenters. The Bertz CT molecular complexity index is 1260. The Morgan fingerprint density at radius 2 is 2.04 bits per heavy atom. The van der Waals surface area contributed by atoms with Crippen molar-refractivity contribution in [3.63, 3.8) is 0 Å². The van der Waals surface area contributed by atoms with Crippen LogP contribution in [0, 0.1) is 5.82 Å². The third-order valence-electron chi connectivity index (χ3n) is 3.84. The highest BCUT2D eigenvalue weighted by Gasteiger charge is 2.15. The topological polar surface area (TPSA) is 84.6 Å². The van der Waals surface area contributed by atoms with Crippen LogP contribution in [0.25, 0.3) is 22.2 Å². The van der Waals surface area contributed by atoms with Gasteiger partial charge in [-0.2, -0.15) is 5.10 Å². The maximum atomic E-state index is 13.1. The number of nitrogens with one attached hydrogen (secondary N) is 1. The van der Waals surface area contributed by atoms with Crippen molar-refractivity contribution >= 4 is 34.4 Å². The lowest BCUT2D eigenvalue weighted by Gasteiger charge is -1.99. The van der Waals surface area contributed by atoms with Gasteiger partial charge >= 0.3 is 5.63 Å². The molecule has 2 aromatic carbocycles. The third-order valence-corrected chi connectivity index (χ3v) is 4.69. The van der Waals surface area contributed by atoms with Crippen LogP contribution in [0.2, 0.25) is 0 Å². The second kappa shape index (κ2) is 7.53. The SMILES string of the molecule is O=C(N/N=C/c1cccc(F)c1)c1nc(-c2cc3ccccc3oc2=O)cs1. The van der Waals surface area contributed by atoms with E-state index in [0.717, 1.165) is 16.7 Å². The number of aromatic nitrogens is 1. The fraction of sp³-hybridized carbons (Fsp3) is 0. The van der Waals surface area contributed by atoms with Crippen molar-refractivity contribution in [3.8, 4) is 11.3 Å². The summed E-state index contributed by atoms with van der Waals surface area (Å²) in [5, 5.41) is 6.30. The normalized spacial score (nSPS) is 11.2. The van der Waals surface area contributed by atoms with Crippen molar-refractivity contribution in [1.29, 1.82) is 0 Å². The molecule has 138 valence electrons. The number of benzene rings is 2. The number of para-hydroxylation sites is 1. The van der Waals surface area contributed by atoms with Crippen LogP contribution in [0.15, 0.2) is 74.3 Å². The maximum absolute atomic E-state index is 13.1. The Morgan fingerprint density at radius 1 is 1.18 bits per heavy atom. The van der Waals surface area contributed by atoms with E-state index >= 15 is 0 Å². The molecule has 0 saturated carbocycles. The van der Waals surface area contributed by atoms with Crippen molar-refractivity contribution in [3.05, 3.63) is 86.8 Å². The molecule has 2 aromatic heterocycles. The third kappa shape index (κ3) is 3.72. The van der Waals surface area contributed by atoms with Crippen LogP contribution in [0.4, 0.5) is 4.39 Å². The first-order valence-corrected chi connectivity index (χ1v) is 9.06. The number of carbonyl (C=O) groups is 1. The van der Waals surface area contributed by atoms with E-state index in [1.807, 2.05) is 12.1 Å². The predicted molar refractivity (Wildman–Crippen MR) is 105 cm³/mol. The van der Waals surface area contributed by atoms with E-state index in [2.05, 4.69) is 15.5 Å². The van der Waals surface area contributed by atoms with E-state index in [1.54, 1.807) is 35.7 Å². The van der Waals surface area contributed by atoms with Gasteiger partial charge in [-0.3, -0.25) is 4.79 Å². The maximum Gasteiger partial charge on any atom is 0.345 e. The van der Waals surface area contributed by atoms with E-state index in [9.17, 15) is 14.0 Å². The Hall–Kier alpha value is -3.65. The summed E-state index contributed by atoms with van der Waals surface area (Å²) in [4.78, 5) is 28.6. The second-order valence-corrected chi connectivity index (χ2v) is 6.64. The molecule has 0 bridgehead atoms. The van der Waals surface area contributed by atoms with Gasteiger partial charge in [-0.05, 0) is 29.8 Å². The van der Waals surface area contributed by atoms with Crippen LogP contribution >= 0.6 is 11.3 Å². The van der Waals surface area contributed by atoms with E-state index < -0.39 is 17.3 Å². The lowest BCUT2D eigenvalue weighted by Crippen LogP contribution is -2.17. The van der Waals surface area contributed by atoms with Crippen LogP contribution in [-0.4, -0.2) is 17.1 Å². The Morgan fingerprint density at radius 3 is 2.89 bits per heavy atom. The molecule has 6 nitrogen and oxygen atoms in total. The van der Waals surface area contributed by atoms with Crippen molar-refractivity contribution in [1.82, 2.24) is 10.4 Å². The molecule has 0 saturated heterocycles. The molecule has 0 radical (unpaired) electrons. The Labute approximate surface area is 162 Å². The summed E-state index contributed by atoms with van der Waals surface area (Å²) < 4.78 is 18.4. The zero-order chi connectivity index (χ0) is 19.5. The molecule has 0 aliphatic carbocycles. The summed E-state index contributed by atoms with van der Waals surface area (Å²) in [5.41, 5.74) is 3.42. The number of halogens is 1. The quantitative estimate of drug-likeness (QED) is 0.325. The first-order chi connectivity index (χ1) is 13.6. The van der Waals surface area contributed by atoms with Crippen LogP contribution < -0.4 is 11.1 Å². The number of nitrogens with zero attached hydrogens (tertiary/aromatic N) is 2. The average Bonchev–Trinajstić information content (AvgIpc) is 3.17. The Kier molecular flexibility index (Phi) is 4.77. The van der Waals surface area contributed by atoms with Crippen LogP contribution in [0.5, 0.6) is 0 Å². The smallest absolute Gasteiger partial charge is 0.345 e. The molecular formula is C20H12FN3O3S. The summed E-state index contributed by atoms with van der Waals surface area (Å²) in [7, 11) is 0. The second-order valence-electron chi connectivity index (χ2n) is 5.78. The average molecular weight is 393 g/mol. The molecule has 2 heterocycles. The van der Waals surface area contributed by atoms with E-state index in [0.29, 0.717) is 16.8 Å². The molecule has 0 fully saturated rings. The minimum absolute atomic E-state index is 0.138. The predicted octanol–water partition coefficient (Wildman–Crippen LogP) is 3.82. The molecule has 28 heavy (non-hydrogen) atoms. The van der Waals surface area contributed by atoms with Gasteiger partial charge in [0.2, 0.25) is 0 Å². The van der Waals surface area contributed by atoms with Crippen LogP contribution in [-0.2, 0) is 0 Å². The van der Waals surface area contributed by atoms with Gasteiger partial charge in [-0.15, -0.1) is 11.3 Å². The minimum atomic E-state index is -0.533. The zero-order valence-electron chi connectivity index (χ0n) is 14.3. The first kappa shape index (κ1) is 17.7. The molecule has 1 N–H and O–H groups in total. The lowest BCUT2D eigenvalue weighted by atomic mass is 10.1. The van der Waals surface area contributed by atoms with E-state index in [-0.39, 0.29) is 10.6 Å². The first-order valence-electron chi connectivity index (χ1n) is 8.18. The number of amides is 1. The number of rotatable bonds is 4. The van der Waals surface area contributed by atoms with Gasteiger partial charge in [0.1, 0.15) is 11.4 Å². The standard InChI is InChI=1S/C20H12FN3O3S/c21-14-6-3-4-12(8-14)10-22-24-18(25)19-23-16(11-28-19)15-9-13-5-1-2-7-17(13)27-20(15)26/h1-11H,(H,24,25)/b22-10+. The number of hydrogen-bond donors (Lipinski definition) is 1. The zero-order valence-corrected chi connectivity index (χ0v) is 15.1. The summed E-state index contributed by atoms with van der Waals surface area (Å²) in [6.07, 6.45) is 1.33. The van der Waals surface area contributed by atoms with Crippen LogP contribution in [0.1, 0.15) is 15.4 Å². The van der Waals surface area contributed by atoms with Gasteiger partial charge in [0, 0.05) is 10.8 Å². The summed E-state index contributed by atoms with van der Waals surface area (Å²) in [6, 6.07) is 14.6. The molecule has 0 unspecified atom stereocenters. The fourth-order valence-corrected chi connectivity index (χ4v) is 3.25. The van der Waals surface area contributed by atoms with E-state index in [1.165, 1.54) is 18.3 Å². The number of carbonyl (C=O) groups excluding carboxylic acids is 1. The molecule has 0 aliphatic heterocycles. The number of fused-ring (bicyclic) bond motifs is 1. The number of hydrogen-bond acceptors (Lipinski definition) is 6. The van der Waals surface area contributed by atoms with Crippen molar-refractivity contribution in [2.75, 3.05) is 0 Å². The van der Waals surface area contributed by atoms with Gasteiger partial charge < -0.3 is 4.42 Å². The minimum Gasteiger partial charge on any atom is -0.422 e. The van der Waals surface area contributed by atoms with Gasteiger partial charge in [0.05, 0.1) is 17.5 Å². The highest BCUT2D eigenvalue weighted by atomic mass is 32.1. The van der Waals surface area contributed by atoms with Crippen molar-refractivity contribution < 1.29 is 13.6 Å². The molecule has 0 aliphatic rings. The number of hydrazone groups is 1. The largest absolute Gasteiger partial charge is 0.422 e. The highest BCUT2D eigenvalue weighted by Crippen LogP contribution is 2.22. The van der Waals surface area contributed by atoms with Crippen LogP contribution in [0.3, 0.4) is 0 Å². The fourth-order valence-electron chi connectivity index (χ4n) is 2.54. The summed E-state index contributed by atoms with van der Waals surface area (Å²) >= 11 is 1.08. The monoisotopic (exact) mass is 393 g/mol. The van der Waals surface area contributed by atoms with Gasteiger partial charge in [0.25, 0.3) is 5.91 Å². The summed E-state index contributed by atoms with van der Waals surface area (Å²) in [6.45, 7) is 0. The lowest BCUT2D eigenvalue weighted by molar-refractivity contribution is 0.0955. The Balaban J connectivity index is 1.53. The van der Waals surface area contributed by atoms with Crippen molar-refractivity contribution in [2.45, 2.75) is 0 Å². The van der Waals surface area contributed by atoms with Crippen molar-refractivity contribution in [2.24, 2.45) is 5.10 Å². The number of thiazole rings is 1. The van der Waals surface area contributed by atoms with Gasteiger partial charge in [-0.25, -0.2) is 19.6 Å². The highest BCUT2D eigenvalue weighted by molar-refractivity contribution is 7.12. The molecule has 0 spiro atoms. The van der Waals surface area contributed by atoms with E-state index in [4.69, 9.17) is 4.42 Å². The van der Waals surface area contributed by atoms with Gasteiger partial charge in [-0.1, -0.05) is 30.3 Å². The molecule has 4 aromatic rings. The summed E-state index contributed by atoms with van der Waals surface area (Å²) in [5.74, 6) is -0.928. The molecule has 8 heteroatoms. The molecule has 1 amide bonds.